The van der Waals surface area contributed by atoms with Crippen LogP contribution in [0.5, 0.6) is 0 Å². The molecule has 15 heavy (non-hydrogen) atoms. The number of nitrogens with one attached hydrogen (secondary N) is 1. The van der Waals surface area contributed by atoms with Crippen molar-refractivity contribution in [2.75, 3.05) is 6.86 Å². The van der Waals surface area contributed by atoms with Gasteiger partial charge in [0, 0.05) is 30.3 Å². The Morgan fingerprint density at radius 1 is 1.53 bits per heavy atom. The Labute approximate surface area is 85.8 Å². The number of rotatable bonds is 2. The molecule has 2 aliphatic rings. The van der Waals surface area contributed by atoms with E-state index in [1.54, 1.807) is 0 Å². The number of halogens is 1. The van der Waals surface area contributed by atoms with Gasteiger partial charge in [-0.05, 0) is 6.42 Å². The van der Waals surface area contributed by atoms with Crippen LogP contribution in [0.3, 0.4) is 0 Å². The van der Waals surface area contributed by atoms with Crippen molar-refractivity contribution in [1.82, 2.24) is 5.32 Å². The summed E-state index contributed by atoms with van der Waals surface area (Å²) in [5.74, 6) is -0.660. The monoisotopic (exact) mass is 211 g/mol. The predicted molar refractivity (Wildman–Crippen MR) is 49.2 cm³/mol. The van der Waals surface area contributed by atoms with E-state index < -0.39 is 12.8 Å². The highest BCUT2D eigenvalue weighted by atomic mass is 19.1. The second-order valence-electron chi connectivity index (χ2n) is 3.41. The normalized spacial score (nSPS) is 19.5. The summed E-state index contributed by atoms with van der Waals surface area (Å²) < 4.78 is 16.0. The summed E-state index contributed by atoms with van der Waals surface area (Å²) in [5, 5.41) is 2.87. The number of carbonyl (C=O) groups is 2. The number of dihydropyridines is 1. The Bertz CT molecular complexity index is 384. The molecule has 0 aromatic heterocycles. The van der Waals surface area contributed by atoms with Crippen LogP contribution in [0.15, 0.2) is 23.0 Å². The van der Waals surface area contributed by atoms with Crippen molar-refractivity contribution in [2.45, 2.75) is 19.3 Å². The van der Waals surface area contributed by atoms with Crippen molar-refractivity contribution in [2.24, 2.45) is 0 Å². The third-order valence-corrected chi connectivity index (χ3v) is 2.54. The molecule has 1 aliphatic heterocycles. The Hall–Kier alpha value is -1.65. The molecule has 0 aromatic rings. The van der Waals surface area contributed by atoms with Crippen molar-refractivity contribution in [1.29, 1.82) is 0 Å². The zero-order chi connectivity index (χ0) is 10.8. The summed E-state index contributed by atoms with van der Waals surface area (Å²) >= 11 is 0. The fraction of sp³-hybridized carbons (Fsp3) is 0.400. The Morgan fingerprint density at radius 2 is 2.33 bits per heavy atom. The van der Waals surface area contributed by atoms with Crippen molar-refractivity contribution in [3.8, 4) is 0 Å². The minimum Gasteiger partial charge on any atom is -0.430 e. The van der Waals surface area contributed by atoms with Gasteiger partial charge in [-0.15, -0.1) is 0 Å². The molecule has 1 heterocycles. The van der Waals surface area contributed by atoms with E-state index in [-0.39, 0.29) is 12.2 Å². The first-order valence-electron chi connectivity index (χ1n) is 4.66. The molecule has 2 rings (SSSR count). The van der Waals surface area contributed by atoms with Gasteiger partial charge in [0.05, 0.1) is 5.57 Å². The average molecular weight is 211 g/mol. The van der Waals surface area contributed by atoms with Crippen molar-refractivity contribution < 1.29 is 18.7 Å². The topological polar surface area (TPSA) is 55.4 Å². The average Bonchev–Trinajstić information content (AvgIpc) is 2.60. The number of alkyl halides is 1. The number of carbonyl (C=O) groups excluding carboxylic acids is 2. The zero-order valence-corrected chi connectivity index (χ0v) is 8.01. The van der Waals surface area contributed by atoms with E-state index in [4.69, 9.17) is 0 Å². The second-order valence-corrected chi connectivity index (χ2v) is 3.41. The number of Topliss-reactive ketones (excluding diaryl/α,β-unsaturated/α-hetero) is 1. The Kier molecular flexibility index (Phi) is 2.53. The van der Waals surface area contributed by atoms with Gasteiger partial charge in [-0.3, -0.25) is 4.79 Å². The number of hydrogen-bond acceptors (Lipinski definition) is 4. The maximum atomic E-state index is 11.8. The molecular formula is C10H10FNO3. The predicted octanol–water partition coefficient (Wildman–Crippen LogP) is 0.951. The van der Waals surface area contributed by atoms with E-state index in [9.17, 15) is 14.0 Å². The number of ketones is 1. The number of ether oxygens (including phenoxy) is 1. The van der Waals surface area contributed by atoms with E-state index in [0.717, 1.165) is 5.70 Å². The lowest BCUT2D eigenvalue weighted by atomic mass is 10.0. The fourth-order valence-electron chi connectivity index (χ4n) is 1.76. The molecule has 5 heteroatoms. The third kappa shape index (κ3) is 1.77. The molecule has 1 aliphatic carbocycles. The van der Waals surface area contributed by atoms with Gasteiger partial charge in [0.2, 0.25) is 6.86 Å². The molecule has 0 spiro atoms. The van der Waals surface area contributed by atoms with Gasteiger partial charge in [0.25, 0.3) is 0 Å². The maximum Gasteiger partial charge on any atom is 0.338 e. The largest absolute Gasteiger partial charge is 0.430 e. The zero-order valence-electron chi connectivity index (χ0n) is 8.01. The Morgan fingerprint density at radius 3 is 3.07 bits per heavy atom. The number of hydrogen-bond donors (Lipinski definition) is 1. The molecule has 1 N–H and O–H groups in total. The molecular weight excluding hydrogens is 201 g/mol. The third-order valence-electron chi connectivity index (χ3n) is 2.54. The van der Waals surface area contributed by atoms with Gasteiger partial charge >= 0.3 is 5.97 Å². The van der Waals surface area contributed by atoms with E-state index >= 15 is 0 Å². The van der Waals surface area contributed by atoms with Crippen LogP contribution in [-0.4, -0.2) is 18.6 Å². The van der Waals surface area contributed by atoms with Gasteiger partial charge in [-0.1, -0.05) is 0 Å². The summed E-state index contributed by atoms with van der Waals surface area (Å²) in [6.45, 7) is -1.14. The van der Waals surface area contributed by atoms with Gasteiger partial charge in [-0.2, -0.15) is 0 Å². The van der Waals surface area contributed by atoms with E-state index in [1.165, 1.54) is 6.20 Å². The summed E-state index contributed by atoms with van der Waals surface area (Å²) in [4.78, 5) is 22.6. The van der Waals surface area contributed by atoms with Gasteiger partial charge < -0.3 is 10.1 Å². The first-order valence-corrected chi connectivity index (χ1v) is 4.66. The minimum atomic E-state index is -1.14. The molecule has 0 fully saturated rings. The van der Waals surface area contributed by atoms with Crippen LogP contribution in [0, 0.1) is 0 Å². The maximum absolute atomic E-state index is 11.8. The standard InChI is InChI=1S/C10H10FNO3/c11-5-15-10(14)6-3-7-8(12-4-6)1-2-9(7)13/h4,12H,1-3,5H2. The van der Waals surface area contributed by atoms with E-state index in [1.807, 2.05) is 0 Å². The molecule has 0 saturated carbocycles. The van der Waals surface area contributed by atoms with Gasteiger partial charge in [0.15, 0.2) is 5.78 Å². The van der Waals surface area contributed by atoms with Crippen molar-refractivity contribution in [3.63, 3.8) is 0 Å². The fourth-order valence-corrected chi connectivity index (χ4v) is 1.76. The molecule has 80 valence electrons. The lowest BCUT2D eigenvalue weighted by Gasteiger charge is -2.14. The summed E-state index contributed by atoms with van der Waals surface area (Å²) in [7, 11) is 0. The quantitative estimate of drug-likeness (QED) is 0.691. The van der Waals surface area contributed by atoms with Crippen molar-refractivity contribution >= 4 is 11.8 Å². The van der Waals surface area contributed by atoms with Gasteiger partial charge in [0.1, 0.15) is 0 Å². The number of allylic oxidation sites excluding steroid dienone is 2. The van der Waals surface area contributed by atoms with Crippen LogP contribution < -0.4 is 5.32 Å². The first kappa shape index (κ1) is 9.89. The molecule has 0 bridgehead atoms. The van der Waals surface area contributed by atoms with Crippen LogP contribution in [-0.2, 0) is 14.3 Å². The lowest BCUT2D eigenvalue weighted by Crippen LogP contribution is -2.19. The van der Waals surface area contributed by atoms with Crippen molar-refractivity contribution in [3.05, 3.63) is 23.0 Å². The molecule has 0 aromatic carbocycles. The SMILES string of the molecule is O=C1CCC2=C1CC(C(=O)OCF)=CN2. The highest BCUT2D eigenvalue weighted by molar-refractivity contribution is 6.02. The second kappa shape index (κ2) is 3.84. The summed E-state index contributed by atoms with van der Waals surface area (Å²) in [6, 6.07) is 0. The molecule has 0 radical (unpaired) electrons. The summed E-state index contributed by atoms with van der Waals surface area (Å²) in [6.07, 6.45) is 2.91. The molecule has 0 saturated heterocycles. The smallest absolute Gasteiger partial charge is 0.338 e. The summed E-state index contributed by atoms with van der Waals surface area (Å²) in [5.41, 5.74) is 1.79. The van der Waals surface area contributed by atoms with Crippen LogP contribution in [0.1, 0.15) is 19.3 Å². The van der Waals surface area contributed by atoms with Crippen LogP contribution in [0.2, 0.25) is 0 Å². The first-order chi connectivity index (χ1) is 7.22. The van der Waals surface area contributed by atoms with Crippen LogP contribution >= 0.6 is 0 Å². The minimum absolute atomic E-state index is 0.0520. The van der Waals surface area contributed by atoms with E-state index in [0.29, 0.717) is 24.0 Å². The number of esters is 1. The molecule has 4 nitrogen and oxygen atoms in total. The molecule has 0 amide bonds. The van der Waals surface area contributed by atoms with Gasteiger partial charge in [-0.25, -0.2) is 9.18 Å². The van der Waals surface area contributed by atoms with Crippen LogP contribution in [0.25, 0.3) is 0 Å². The van der Waals surface area contributed by atoms with Crippen LogP contribution in [0.4, 0.5) is 4.39 Å². The lowest BCUT2D eigenvalue weighted by molar-refractivity contribution is -0.143. The van der Waals surface area contributed by atoms with E-state index in [2.05, 4.69) is 10.1 Å². The highest BCUT2D eigenvalue weighted by Gasteiger charge is 2.28. The molecule has 0 unspecified atom stereocenters. The molecule has 0 atom stereocenters. The highest BCUT2D eigenvalue weighted by Crippen LogP contribution is 2.29. The Balaban J connectivity index is 2.09.